The number of aliphatic carboxylic acids is 1. The molecule has 102 valence electrons. The molecule has 2 unspecified atom stereocenters. The Bertz CT molecular complexity index is 463. The van der Waals surface area contributed by atoms with Gasteiger partial charge in [-0.1, -0.05) is 30.3 Å². The first-order valence-electron chi connectivity index (χ1n) is 6.01. The Hall–Kier alpha value is -1.92. The van der Waals surface area contributed by atoms with Crippen LogP contribution in [0.15, 0.2) is 30.3 Å². The molecule has 1 fully saturated rings. The van der Waals surface area contributed by atoms with Crippen LogP contribution in [0.3, 0.4) is 0 Å². The van der Waals surface area contributed by atoms with E-state index in [4.69, 9.17) is 10.5 Å². The van der Waals surface area contributed by atoms with Crippen LogP contribution in [0, 0.1) is 5.92 Å². The molecular formula is C13H16N2O4. The minimum atomic E-state index is -1.10. The quantitative estimate of drug-likeness (QED) is 0.705. The van der Waals surface area contributed by atoms with Crippen LogP contribution < -0.4 is 11.1 Å². The van der Waals surface area contributed by atoms with E-state index in [0.29, 0.717) is 12.2 Å². The Balaban J connectivity index is 2.09. The van der Waals surface area contributed by atoms with Crippen molar-refractivity contribution in [3.05, 3.63) is 35.9 Å². The first-order chi connectivity index (χ1) is 9.09. The van der Waals surface area contributed by atoms with Crippen LogP contribution in [0.2, 0.25) is 0 Å². The van der Waals surface area contributed by atoms with Gasteiger partial charge in [0.15, 0.2) is 6.04 Å². The lowest BCUT2D eigenvalue weighted by Gasteiger charge is -2.18. The number of benzene rings is 1. The van der Waals surface area contributed by atoms with Crippen LogP contribution in [0.5, 0.6) is 0 Å². The van der Waals surface area contributed by atoms with E-state index < -0.39 is 17.9 Å². The summed E-state index contributed by atoms with van der Waals surface area (Å²) in [5.41, 5.74) is 6.26. The second-order valence-corrected chi connectivity index (χ2v) is 4.50. The maximum atomic E-state index is 12.0. The van der Waals surface area contributed by atoms with Crippen molar-refractivity contribution >= 4 is 11.9 Å². The fourth-order valence-corrected chi connectivity index (χ4v) is 2.02. The zero-order chi connectivity index (χ0) is 13.8. The number of hydrogen-bond donors (Lipinski definition) is 3. The predicted molar refractivity (Wildman–Crippen MR) is 67.2 cm³/mol. The van der Waals surface area contributed by atoms with Gasteiger partial charge in [-0.2, -0.15) is 0 Å². The van der Waals surface area contributed by atoms with Gasteiger partial charge in [-0.3, -0.25) is 4.79 Å². The summed E-state index contributed by atoms with van der Waals surface area (Å²) >= 11 is 0. The molecule has 4 N–H and O–H groups in total. The molecule has 0 spiro atoms. The maximum Gasteiger partial charge on any atom is 0.330 e. The number of hydrogen-bond acceptors (Lipinski definition) is 4. The lowest BCUT2D eigenvalue weighted by atomic mass is 10.0. The number of carboxylic acid groups (broad SMARTS) is 1. The minimum Gasteiger partial charge on any atom is -0.479 e. The van der Waals surface area contributed by atoms with Crippen LogP contribution >= 0.6 is 0 Å². The van der Waals surface area contributed by atoms with Crippen LogP contribution in [0.25, 0.3) is 0 Å². The summed E-state index contributed by atoms with van der Waals surface area (Å²) in [7, 11) is 0. The van der Waals surface area contributed by atoms with E-state index in [1.54, 1.807) is 30.3 Å². The Morgan fingerprint density at radius 1 is 1.32 bits per heavy atom. The van der Waals surface area contributed by atoms with Crippen molar-refractivity contribution in [1.29, 1.82) is 0 Å². The third kappa shape index (κ3) is 3.10. The van der Waals surface area contributed by atoms with Gasteiger partial charge in [0.2, 0.25) is 5.91 Å². The van der Waals surface area contributed by atoms with Gasteiger partial charge in [0.25, 0.3) is 0 Å². The van der Waals surface area contributed by atoms with Gasteiger partial charge < -0.3 is 20.9 Å². The summed E-state index contributed by atoms with van der Waals surface area (Å²) in [4.78, 5) is 23.3. The summed E-state index contributed by atoms with van der Waals surface area (Å²) in [6, 6.07) is 7.09. The summed E-state index contributed by atoms with van der Waals surface area (Å²) < 4.78 is 5.10. The molecule has 0 saturated carbocycles. The van der Waals surface area contributed by atoms with Crippen LogP contribution in [-0.2, 0) is 14.3 Å². The lowest BCUT2D eigenvalue weighted by molar-refractivity contribution is -0.142. The number of carboxylic acids is 1. The Labute approximate surface area is 110 Å². The number of rotatable bonds is 4. The van der Waals surface area contributed by atoms with Crippen molar-refractivity contribution in [2.45, 2.75) is 12.1 Å². The maximum absolute atomic E-state index is 12.0. The van der Waals surface area contributed by atoms with E-state index >= 15 is 0 Å². The average Bonchev–Trinajstić information content (AvgIpc) is 2.82. The van der Waals surface area contributed by atoms with E-state index in [2.05, 4.69) is 5.32 Å². The van der Waals surface area contributed by atoms with Gasteiger partial charge in [-0.15, -0.1) is 0 Å². The molecule has 0 radical (unpaired) electrons. The number of carbonyl (C=O) groups excluding carboxylic acids is 1. The Morgan fingerprint density at radius 3 is 2.53 bits per heavy atom. The summed E-state index contributed by atoms with van der Waals surface area (Å²) in [6.07, 6.45) is 0. The molecule has 1 heterocycles. The fourth-order valence-electron chi connectivity index (χ4n) is 2.02. The van der Waals surface area contributed by atoms with Crippen LogP contribution in [-0.4, -0.2) is 36.2 Å². The summed E-state index contributed by atoms with van der Waals surface area (Å²) in [5, 5.41) is 11.7. The Morgan fingerprint density at radius 2 is 2.00 bits per heavy atom. The normalized spacial score (nSPS) is 23.8. The van der Waals surface area contributed by atoms with Gasteiger partial charge in [0.1, 0.15) is 0 Å². The number of ether oxygens (including phenoxy) is 1. The highest BCUT2D eigenvalue weighted by Crippen LogP contribution is 2.16. The van der Waals surface area contributed by atoms with Crippen LogP contribution in [0.1, 0.15) is 11.6 Å². The topological polar surface area (TPSA) is 102 Å². The average molecular weight is 264 g/mol. The highest BCUT2D eigenvalue weighted by Gasteiger charge is 2.34. The van der Waals surface area contributed by atoms with Crippen molar-refractivity contribution < 1.29 is 19.4 Å². The van der Waals surface area contributed by atoms with E-state index in [0.717, 1.165) is 0 Å². The van der Waals surface area contributed by atoms with Gasteiger partial charge in [0, 0.05) is 6.04 Å². The second-order valence-electron chi connectivity index (χ2n) is 4.50. The molecule has 1 aromatic carbocycles. The SMILES string of the molecule is NC1COCC1C(=O)N[C@@H](C(=O)O)c1ccccc1. The highest BCUT2D eigenvalue weighted by atomic mass is 16.5. The number of nitrogens with one attached hydrogen (secondary N) is 1. The highest BCUT2D eigenvalue weighted by molar-refractivity contribution is 5.86. The molecule has 3 atom stereocenters. The zero-order valence-corrected chi connectivity index (χ0v) is 10.3. The molecule has 19 heavy (non-hydrogen) atoms. The molecule has 6 nitrogen and oxygen atoms in total. The predicted octanol–water partition coefficient (Wildman–Crippen LogP) is -0.0978. The number of carbonyl (C=O) groups is 2. The van der Waals surface area contributed by atoms with Gasteiger partial charge >= 0.3 is 5.97 Å². The molecule has 0 aromatic heterocycles. The molecule has 1 saturated heterocycles. The number of nitrogens with two attached hydrogens (primary N) is 1. The van der Waals surface area contributed by atoms with Crippen molar-refractivity contribution in [3.8, 4) is 0 Å². The fraction of sp³-hybridized carbons (Fsp3) is 0.385. The summed E-state index contributed by atoms with van der Waals surface area (Å²) in [5.74, 6) is -1.99. The molecule has 0 aliphatic carbocycles. The first-order valence-corrected chi connectivity index (χ1v) is 6.01. The third-order valence-corrected chi connectivity index (χ3v) is 3.13. The lowest BCUT2D eigenvalue weighted by Crippen LogP contribution is -2.44. The van der Waals surface area contributed by atoms with Crippen molar-refractivity contribution in [2.24, 2.45) is 11.7 Å². The molecule has 1 aromatic rings. The molecule has 1 aliphatic rings. The third-order valence-electron chi connectivity index (χ3n) is 3.13. The molecule has 0 bridgehead atoms. The van der Waals surface area contributed by atoms with E-state index in [1.165, 1.54) is 0 Å². The first kappa shape index (κ1) is 13.5. The van der Waals surface area contributed by atoms with Crippen molar-refractivity contribution in [3.63, 3.8) is 0 Å². The van der Waals surface area contributed by atoms with Crippen LogP contribution in [0.4, 0.5) is 0 Å². The Kier molecular flexibility index (Phi) is 4.13. The van der Waals surface area contributed by atoms with Crippen molar-refractivity contribution in [2.75, 3.05) is 13.2 Å². The zero-order valence-electron chi connectivity index (χ0n) is 10.3. The van der Waals surface area contributed by atoms with Gasteiger partial charge in [0.05, 0.1) is 19.1 Å². The van der Waals surface area contributed by atoms with E-state index in [1.807, 2.05) is 0 Å². The standard InChI is InChI=1S/C13H16N2O4/c14-10-7-19-6-9(10)12(16)15-11(13(17)18)8-4-2-1-3-5-8/h1-5,9-11H,6-7,14H2,(H,15,16)(H,17,18)/t9?,10?,11-/m1/s1. The number of amides is 1. The molecular weight excluding hydrogens is 248 g/mol. The van der Waals surface area contributed by atoms with E-state index in [9.17, 15) is 14.7 Å². The van der Waals surface area contributed by atoms with Crippen molar-refractivity contribution in [1.82, 2.24) is 5.32 Å². The summed E-state index contributed by atoms with van der Waals surface area (Å²) in [6.45, 7) is 0.551. The van der Waals surface area contributed by atoms with Gasteiger partial charge in [-0.05, 0) is 5.56 Å². The minimum absolute atomic E-state index is 0.230. The van der Waals surface area contributed by atoms with E-state index in [-0.39, 0.29) is 18.6 Å². The smallest absolute Gasteiger partial charge is 0.330 e. The molecule has 1 aliphatic heterocycles. The second kappa shape index (κ2) is 5.81. The molecule has 2 rings (SSSR count). The largest absolute Gasteiger partial charge is 0.479 e. The molecule has 6 heteroatoms. The van der Waals surface area contributed by atoms with Gasteiger partial charge in [-0.25, -0.2) is 4.79 Å². The molecule has 1 amide bonds. The monoisotopic (exact) mass is 264 g/mol.